The van der Waals surface area contributed by atoms with Gasteiger partial charge in [0.1, 0.15) is 4.83 Å². The number of nitrogens with two attached hydrogens (primary N) is 1. The quantitative estimate of drug-likeness (QED) is 0.551. The van der Waals surface area contributed by atoms with E-state index >= 15 is 0 Å². The molecule has 1 aromatic carbocycles. The van der Waals surface area contributed by atoms with Gasteiger partial charge in [-0.25, -0.2) is 4.98 Å². The lowest BCUT2D eigenvalue weighted by Gasteiger charge is -2.14. The maximum atomic E-state index is 13.3. The summed E-state index contributed by atoms with van der Waals surface area (Å²) in [5.41, 5.74) is 7.19. The summed E-state index contributed by atoms with van der Waals surface area (Å²) in [6, 6.07) is 9.41. The van der Waals surface area contributed by atoms with E-state index in [4.69, 9.17) is 10.7 Å². The minimum Gasteiger partial charge on any atom is -0.369 e. The van der Waals surface area contributed by atoms with Gasteiger partial charge in [-0.3, -0.25) is 14.2 Å². The second-order valence-electron chi connectivity index (χ2n) is 6.18. The monoisotopic (exact) mass is 371 g/mol. The van der Waals surface area contributed by atoms with Crippen LogP contribution in [-0.4, -0.2) is 20.7 Å². The normalized spacial score (nSPS) is 15.4. The highest BCUT2D eigenvalue weighted by atomic mass is 32.2. The number of carbonyl (C=O) groups excluding carboxylic acids is 1. The van der Waals surface area contributed by atoms with Crippen LogP contribution in [0, 0.1) is 0 Å². The third kappa shape index (κ3) is 2.98. The number of rotatable bonds is 5. The van der Waals surface area contributed by atoms with Crippen molar-refractivity contribution in [2.75, 3.05) is 0 Å². The van der Waals surface area contributed by atoms with Gasteiger partial charge in [-0.05, 0) is 48.8 Å². The Balaban J connectivity index is 1.96. The van der Waals surface area contributed by atoms with Crippen LogP contribution in [0.25, 0.3) is 15.9 Å². The van der Waals surface area contributed by atoms with Gasteiger partial charge >= 0.3 is 0 Å². The lowest BCUT2D eigenvalue weighted by atomic mass is 10.1. The summed E-state index contributed by atoms with van der Waals surface area (Å²) in [4.78, 5) is 30.2. The van der Waals surface area contributed by atoms with E-state index in [0.29, 0.717) is 16.5 Å². The molecule has 1 saturated carbocycles. The number of carbonyl (C=O) groups is 1. The smallest absolute Gasteiger partial charge is 0.267 e. The van der Waals surface area contributed by atoms with Gasteiger partial charge < -0.3 is 5.73 Å². The number of amides is 1. The topological polar surface area (TPSA) is 78.0 Å². The van der Waals surface area contributed by atoms with Crippen LogP contribution in [0.2, 0.25) is 0 Å². The molecule has 1 aliphatic rings. The first-order chi connectivity index (χ1) is 12.1. The van der Waals surface area contributed by atoms with Crippen LogP contribution in [0.15, 0.2) is 45.7 Å². The molecule has 0 saturated heterocycles. The van der Waals surface area contributed by atoms with Gasteiger partial charge in [0.15, 0.2) is 5.16 Å². The van der Waals surface area contributed by atoms with Crippen molar-refractivity contribution in [2.45, 2.75) is 36.1 Å². The van der Waals surface area contributed by atoms with E-state index < -0.39 is 11.2 Å². The van der Waals surface area contributed by atoms with Crippen LogP contribution in [0.5, 0.6) is 0 Å². The van der Waals surface area contributed by atoms with E-state index in [2.05, 4.69) is 5.38 Å². The summed E-state index contributed by atoms with van der Waals surface area (Å²) >= 11 is 2.72. The van der Waals surface area contributed by atoms with Crippen LogP contribution < -0.4 is 11.3 Å². The number of benzene rings is 1. The molecule has 3 aromatic rings. The van der Waals surface area contributed by atoms with Gasteiger partial charge in [0.2, 0.25) is 5.91 Å². The van der Waals surface area contributed by atoms with Gasteiger partial charge in [-0.2, -0.15) is 0 Å². The highest BCUT2D eigenvalue weighted by molar-refractivity contribution is 8.00. The molecule has 25 heavy (non-hydrogen) atoms. The summed E-state index contributed by atoms with van der Waals surface area (Å²) in [5, 5.41) is 2.80. The van der Waals surface area contributed by atoms with Crippen LogP contribution >= 0.6 is 23.1 Å². The number of hydrogen-bond donors (Lipinski definition) is 1. The molecule has 0 spiro atoms. The Bertz CT molecular complexity index is 1010. The van der Waals surface area contributed by atoms with Gasteiger partial charge in [0.25, 0.3) is 5.56 Å². The highest BCUT2D eigenvalue weighted by Gasteiger charge is 2.29. The number of para-hydroxylation sites is 1. The average Bonchev–Trinajstić information content (AvgIpc) is 3.35. The summed E-state index contributed by atoms with van der Waals surface area (Å²) in [7, 11) is 0. The summed E-state index contributed by atoms with van der Waals surface area (Å²) in [6.45, 7) is 1.72. The molecule has 1 unspecified atom stereocenters. The van der Waals surface area contributed by atoms with Crippen LogP contribution in [0.4, 0.5) is 0 Å². The second kappa shape index (κ2) is 6.31. The predicted molar refractivity (Wildman–Crippen MR) is 102 cm³/mol. The van der Waals surface area contributed by atoms with Crippen LogP contribution in [0.1, 0.15) is 31.2 Å². The highest BCUT2D eigenvalue weighted by Crippen LogP contribution is 2.44. The van der Waals surface area contributed by atoms with Crippen molar-refractivity contribution in [1.29, 1.82) is 0 Å². The molecule has 2 N–H and O–H groups in total. The van der Waals surface area contributed by atoms with Gasteiger partial charge in [-0.1, -0.05) is 30.0 Å². The predicted octanol–water partition coefficient (Wildman–Crippen LogP) is 3.29. The maximum Gasteiger partial charge on any atom is 0.267 e. The molecular weight excluding hydrogens is 354 g/mol. The molecule has 1 aliphatic carbocycles. The van der Waals surface area contributed by atoms with Crippen molar-refractivity contribution < 1.29 is 4.79 Å². The van der Waals surface area contributed by atoms with Gasteiger partial charge in [-0.15, -0.1) is 11.3 Å². The Labute approximate surface area is 152 Å². The standard InChI is InChI=1S/C18H17N3O2S2/c1-10(15(19)22)25-18-20-16-14(13(9-24-16)11-7-8-11)17(23)21(18)12-5-3-2-4-6-12/h2-6,9-11H,7-8H2,1H3,(H2,19,22). The SMILES string of the molecule is CC(Sc1nc2scc(C3CC3)c2c(=O)n1-c1ccccc1)C(N)=O. The molecule has 128 valence electrons. The number of primary amides is 1. The van der Waals surface area contributed by atoms with E-state index in [0.717, 1.165) is 28.9 Å². The lowest BCUT2D eigenvalue weighted by Crippen LogP contribution is -2.26. The zero-order valence-corrected chi connectivity index (χ0v) is 15.3. The Kier molecular flexibility index (Phi) is 4.13. The average molecular weight is 371 g/mol. The lowest BCUT2D eigenvalue weighted by molar-refractivity contribution is -0.117. The molecule has 1 atom stereocenters. The zero-order chi connectivity index (χ0) is 17.6. The van der Waals surface area contributed by atoms with Crippen molar-refractivity contribution in [3.05, 3.63) is 51.6 Å². The molecule has 0 aliphatic heterocycles. The number of aromatic nitrogens is 2. The first-order valence-electron chi connectivity index (χ1n) is 8.12. The van der Waals surface area contributed by atoms with Gasteiger partial charge in [0, 0.05) is 0 Å². The number of fused-ring (bicyclic) bond motifs is 1. The molecule has 1 amide bonds. The number of nitrogens with zero attached hydrogens (tertiary/aromatic N) is 2. The van der Waals surface area contributed by atoms with Crippen molar-refractivity contribution in [3.63, 3.8) is 0 Å². The molecule has 2 heterocycles. The largest absolute Gasteiger partial charge is 0.369 e. The molecule has 4 rings (SSSR count). The molecule has 7 heteroatoms. The van der Waals surface area contributed by atoms with Gasteiger partial charge in [0.05, 0.1) is 16.3 Å². The maximum absolute atomic E-state index is 13.3. The van der Waals surface area contributed by atoms with Crippen molar-refractivity contribution in [3.8, 4) is 5.69 Å². The zero-order valence-electron chi connectivity index (χ0n) is 13.6. The van der Waals surface area contributed by atoms with E-state index in [1.807, 2.05) is 30.3 Å². The van der Waals surface area contributed by atoms with Crippen molar-refractivity contribution in [1.82, 2.24) is 9.55 Å². The Morgan fingerprint density at radius 1 is 1.36 bits per heavy atom. The van der Waals surface area contributed by atoms with Crippen LogP contribution in [0.3, 0.4) is 0 Å². The van der Waals surface area contributed by atoms with Crippen LogP contribution in [-0.2, 0) is 4.79 Å². The third-order valence-corrected chi connectivity index (χ3v) is 6.28. The number of thioether (sulfide) groups is 1. The van der Waals surface area contributed by atoms with E-state index in [-0.39, 0.29) is 5.56 Å². The van der Waals surface area contributed by atoms with Crippen molar-refractivity contribution >= 4 is 39.2 Å². The first-order valence-corrected chi connectivity index (χ1v) is 9.87. The molecule has 2 aromatic heterocycles. The number of hydrogen-bond acceptors (Lipinski definition) is 5. The molecule has 0 radical (unpaired) electrons. The number of thiophene rings is 1. The fraction of sp³-hybridized carbons (Fsp3) is 0.278. The minimum atomic E-state index is -0.470. The molecule has 0 bridgehead atoms. The van der Waals surface area contributed by atoms with Crippen molar-refractivity contribution in [2.24, 2.45) is 5.73 Å². The second-order valence-corrected chi connectivity index (χ2v) is 8.34. The Morgan fingerprint density at radius 3 is 2.72 bits per heavy atom. The first kappa shape index (κ1) is 16.4. The van der Waals surface area contributed by atoms with E-state index in [1.165, 1.54) is 23.1 Å². The van der Waals surface area contributed by atoms with E-state index in [9.17, 15) is 9.59 Å². The third-order valence-electron chi connectivity index (χ3n) is 4.32. The summed E-state index contributed by atoms with van der Waals surface area (Å²) in [5.74, 6) is 0.0549. The van der Waals surface area contributed by atoms with E-state index in [1.54, 1.807) is 11.5 Å². The fourth-order valence-electron chi connectivity index (χ4n) is 2.79. The Hall–Kier alpha value is -2.12. The summed E-state index contributed by atoms with van der Waals surface area (Å²) < 4.78 is 1.60. The minimum absolute atomic E-state index is 0.0708. The molecule has 5 nitrogen and oxygen atoms in total. The Morgan fingerprint density at radius 2 is 2.08 bits per heavy atom. The molecule has 1 fully saturated rings. The summed E-state index contributed by atoms with van der Waals surface area (Å²) in [6.07, 6.45) is 2.26. The molecular formula is C18H17N3O2S2. The fourth-order valence-corrected chi connectivity index (χ4v) is 4.73.